The maximum atomic E-state index is 15.3. The lowest BCUT2D eigenvalue weighted by atomic mass is 9.89. The Morgan fingerprint density at radius 3 is 2.66 bits per heavy atom. The number of nitrogens with one attached hydrogen (secondary N) is 1. The van der Waals surface area contributed by atoms with Crippen molar-refractivity contribution in [2.75, 3.05) is 25.1 Å². The highest BCUT2D eigenvalue weighted by molar-refractivity contribution is 6.01. The Morgan fingerprint density at radius 1 is 1.20 bits per heavy atom. The summed E-state index contributed by atoms with van der Waals surface area (Å²) in [7, 11) is 0. The molecule has 1 unspecified atom stereocenters. The minimum Gasteiger partial charge on any atom is -0.444 e. The molecule has 5 rings (SSSR count). The fourth-order valence-corrected chi connectivity index (χ4v) is 5.45. The molecule has 0 bridgehead atoms. The summed E-state index contributed by atoms with van der Waals surface area (Å²) in [6.07, 6.45) is 4.75. The van der Waals surface area contributed by atoms with E-state index < -0.39 is 11.4 Å². The molecule has 4 heterocycles. The van der Waals surface area contributed by atoms with Gasteiger partial charge in [0.25, 0.3) is 5.91 Å². The van der Waals surface area contributed by atoms with Crippen LogP contribution in [-0.4, -0.2) is 62.8 Å². The second-order valence-corrected chi connectivity index (χ2v) is 10.9. The van der Waals surface area contributed by atoms with Crippen molar-refractivity contribution < 1.29 is 18.7 Å². The number of ether oxygens (including phenoxy) is 1. The largest absolute Gasteiger partial charge is 0.444 e. The molecule has 0 spiro atoms. The van der Waals surface area contributed by atoms with Gasteiger partial charge in [0.2, 0.25) is 0 Å². The van der Waals surface area contributed by atoms with E-state index >= 15 is 4.39 Å². The molecule has 2 aromatic rings. The van der Waals surface area contributed by atoms with E-state index in [4.69, 9.17) is 4.74 Å². The van der Waals surface area contributed by atoms with Gasteiger partial charge in [0.15, 0.2) is 0 Å². The van der Waals surface area contributed by atoms with Crippen LogP contribution in [0.4, 0.5) is 14.9 Å². The number of hydrogen-bond donors (Lipinski definition) is 1. The van der Waals surface area contributed by atoms with Gasteiger partial charge in [-0.05, 0) is 64.7 Å². The summed E-state index contributed by atoms with van der Waals surface area (Å²) in [6.45, 7) is 9.64. The molecule has 2 amide bonds. The van der Waals surface area contributed by atoms with Crippen LogP contribution in [-0.2, 0) is 17.7 Å². The Hall–Kier alpha value is -3.10. The molecule has 1 aromatic heterocycles. The van der Waals surface area contributed by atoms with Gasteiger partial charge in [-0.3, -0.25) is 4.79 Å². The third-order valence-corrected chi connectivity index (χ3v) is 7.17. The number of imidazole rings is 1. The first-order valence-corrected chi connectivity index (χ1v) is 12.5. The van der Waals surface area contributed by atoms with Crippen LogP contribution in [0.15, 0.2) is 18.3 Å². The molecular formula is C26H34FN5O3. The number of likely N-dealkylation sites (tertiary alicyclic amines) is 1. The topological polar surface area (TPSA) is 79.7 Å². The van der Waals surface area contributed by atoms with E-state index in [-0.39, 0.29) is 29.5 Å². The van der Waals surface area contributed by atoms with Crippen LogP contribution in [0.5, 0.6) is 0 Å². The number of benzene rings is 1. The summed E-state index contributed by atoms with van der Waals surface area (Å²) in [4.78, 5) is 33.6. The Bertz CT molecular complexity index is 1150. The molecule has 1 fully saturated rings. The number of nitrogens with zero attached hydrogens (tertiary/aromatic N) is 4. The van der Waals surface area contributed by atoms with Gasteiger partial charge >= 0.3 is 6.09 Å². The van der Waals surface area contributed by atoms with Gasteiger partial charge in [-0.25, -0.2) is 14.2 Å². The first kappa shape index (κ1) is 23.6. The number of aryl methyl sites for hydroxylation is 2. The molecule has 188 valence electrons. The number of halogens is 1. The van der Waals surface area contributed by atoms with Crippen LogP contribution in [0, 0.1) is 12.7 Å². The first-order chi connectivity index (χ1) is 16.6. The predicted octanol–water partition coefficient (Wildman–Crippen LogP) is 4.29. The fourth-order valence-electron chi connectivity index (χ4n) is 5.45. The Balaban J connectivity index is 1.27. The van der Waals surface area contributed by atoms with Gasteiger partial charge in [0, 0.05) is 44.2 Å². The van der Waals surface area contributed by atoms with Crippen molar-refractivity contribution in [2.24, 2.45) is 0 Å². The SMILES string of the molecule is Cc1cn2c(n1)CCC(c1cc(F)c3c(c1)NCN(C1CCN(C(=O)OC(C)(C)C)CC1)C3=O)C2. The number of anilines is 1. The molecule has 1 saturated heterocycles. The lowest BCUT2D eigenvalue weighted by Crippen LogP contribution is -2.52. The van der Waals surface area contributed by atoms with E-state index in [0.29, 0.717) is 38.3 Å². The van der Waals surface area contributed by atoms with Crippen molar-refractivity contribution in [1.82, 2.24) is 19.4 Å². The molecule has 3 aliphatic rings. The van der Waals surface area contributed by atoms with Crippen LogP contribution < -0.4 is 5.32 Å². The molecule has 35 heavy (non-hydrogen) atoms. The summed E-state index contributed by atoms with van der Waals surface area (Å²) < 4.78 is 22.9. The fraction of sp³-hybridized carbons (Fsp3) is 0.577. The summed E-state index contributed by atoms with van der Waals surface area (Å²) in [5.41, 5.74) is 2.06. The maximum absolute atomic E-state index is 15.3. The molecule has 0 radical (unpaired) electrons. The molecule has 0 aliphatic carbocycles. The van der Waals surface area contributed by atoms with Crippen molar-refractivity contribution in [3.05, 3.63) is 46.8 Å². The maximum Gasteiger partial charge on any atom is 0.410 e. The van der Waals surface area contributed by atoms with Crippen molar-refractivity contribution in [1.29, 1.82) is 0 Å². The number of carbonyl (C=O) groups is 2. The molecule has 1 atom stereocenters. The number of rotatable bonds is 2. The number of amides is 2. The first-order valence-electron chi connectivity index (χ1n) is 12.5. The van der Waals surface area contributed by atoms with Gasteiger partial charge in [-0.1, -0.05) is 0 Å². The zero-order chi connectivity index (χ0) is 24.9. The van der Waals surface area contributed by atoms with E-state index in [9.17, 15) is 9.59 Å². The number of hydrogen-bond acceptors (Lipinski definition) is 5. The third kappa shape index (κ3) is 4.73. The molecule has 1 aromatic carbocycles. The van der Waals surface area contributed by atoms with Crippen LogP contribution in [0.2, 0.25) is 0 Å². The van der Waals surface area contributed by atoms with Crippen LogP contribution in [0.1, 0.15) is 73.4 Å². The molecule has 1 N–H and O–H groups in total. The predicted molar refractivity (Wildman–Crippen MR) is 130 cm³/mol. The number of piperidine rings is 1. The van der Waals surface area contributed by atoms with E-state index in [1.165, 1.54) is 6.07 Å². The van der Waals surface area contributed by atoms with Gasteiger partial charge in [0.05, 0.1) is 23.6 Å². The zero-order valence-corrected chi connectivity index (χ0v) is 20.9. The van der Waals surface area contributed by atoms with Crippen molar-refractivity contribution in [3.8, 4) is 0 Å². The second kappa shape index (κ2) is 8.84. The third-order valence-electron chi connectivity index (χ3n) is 7.17. The summed E-state index contributed by atoms with van der Waals surface area (Å²) in [5.74, 6) is 0.509. The lowest BCUT2D eigenvalue weighted by Gasteiger charge is -2.41. The average molecular weight is 484 g/mol. The molecule has 9 heteroatoms. The number of fused-ring (bicyclic) bond motifs is 2. The molecule has 8 nitrogen and oxygen atoms in total. The summed E-state index contributed by atoms with van der Waals surface area (Å²) in [6, 6.07) is 3.42. The zero-order valence-electron chi connectivity index (χ0n) is 20.9. The Kier molecular flexibility index (Phi) is 5.97. The normalized spacial score (nSPS) is 20.8. The number of carbonyl (C=O) groups excluding carboxylic acids is 2. The minimum atomic E-state index is -0.543. The standard InChI is InChI=1S/C26H34FN5O3/c1-16-13-31-14-17(5-6-22(31)29-16)18-11-20(27)23-21(12-18)28-15-32(24(23)33)19-7-9-30(10-8-19)25(34)35-26(2,3)4/h11-13,17,19,28H,5-10,14-15H2,1-4H3. The lowest BCUT2D eigenvalue weighted by molar-refractivity contribution is 0.0149. The van der Waals surface area contributed by atoms with E-state index in [2.05, 4.69) is 14.9 Å². The molecular weight excluding hydrogens is 449 g/mol. The van der Waals surface area contributed by atoms with Crippen LogP contribution >= 0.6 is 0 Å². The Morgan fingerprint density at radius 2 is 1.94 bits per heavy atom. The Labute approximate surface area is 205 Å². The highest BCUT2D eigenvalue weighted by atomic mass is 19.1. The number of aromatic nitrogens is 2. The van der Waals surface area contributed by atoms with E-state index in [1.54, 1.807) is 9.80 Å². The monoisotopic (exact) mass is 483 g/mol. The quantitative estimate of drug-likeness (QED) is 0.690. The van der Waals surface area contributed by atoms with E-state index in [1.807, 2.05) is 40.0 Å². The van der Waals surface area contributed by atoms with Gasteiger partial charge < -0.3 is 24.4 Å². The highest BCUT2D eigenvalue weighted by Crippen LogP contribution is 2.35. The highest BCUT2D eigenvalue weighted by Gasteiger charge is 2.36. The smallest absolute Gasteiger partial charge is 0.410 e. The molecule has 0 saturated carbocycles. The van der Waals surface area contributed by atoms with Crippen molar-refractivity contribution in [2.45, 2.75) is 77.5 Å². The summed E-state index contributed by atoms with van der Waals surface area (Å²) >= 11 is 0. The van der Waals surface area contributed by atoms with Crippen molar-refractivity contribution in [3.63, 3.8) is 0 Å². The van der Waals surface area contributed by atoms with Gasteiger partial charge in [-0.2, -0.15) is 0 Å². The average Bonchev–Trinajstić information content (AvgIpc) is 3.17. The van der Waals surface area contributed by atoms with Crippen molar-refractivity contribution >= 4 is 17.7 Å². The second-order valence-electron chi connectivity index (χ2n) is 10.9. The molecule has 3 aliphatic heterocycles. The summed E-state index contributed by atoms with van der Waals surface area (Å²) in [5, 5.41) is 3.29. The van der Waals surface area contributed by atoms with Crippen LogP contribution in [0.25, 0.3) is 0 Å². The van der Waals surface area contributed by atoms with Gasteiger partial charge in [0.1, 0.15) is 17.2 Å². The minimum absolute atomic E-state index is 0.0536. The van der Waals surface area contributed by atoms with Gasteiger partial charge in [-0.15, -0.1) is 0 Å². The van der Waals surface area contributed by atoms with Crippen LogP contribution in [0.3, 0.4) is 0 Å². The van der Waals surface area contributed by atoms with E-state index in [0.717, 1.165) is 36.5 Å².